The van der Waals surface area contributed by atoms with Crippen LogP contribution in [0.1, 0.15) is 25.0 Å². The predicted octanol–water partition coefficient (Wildman–Crippen LogP) is 5.79. The van der Waals surface area contributed by atoms with Crippen LogP contribution in [0.4, 0.5) is 0 Å². The molecule has 0 heterocycles. The summed E-state index contributed by atoms with van der Waals surface area (Å²) in [5.74, 6) is 0.911. The van der Waals surface area contributed by atoms with E-state index in [9.17, 15) is 9.59 Å². The van der Waals surface area contributed by atoms with Crippen molar-refractivity contribution in [2.24, 2.45) is 5.92 Å². The molecule has 3 rings (SSSR count). The van der Waals surface area contributed by atoms with Gasteiger partial charge in [-0.3, -0.25) is 9.59 Å². The van der Waals surface area contributed by atoms with Gasteiger partial charge in [-0.2, -0.15) is 0 Å². The fourth-order valence-electron chi connectivity index (χ4n) is 3.71. The highest BCUT2D eigenvalue weighted by Crippen LogP contribution is 2.25. The lowest BCUT2D eigenvalue weighted by atomic mass is 10.0. The number of amides is 2. The fourth-order valence-corrected chi connectivity index (χ4v) is 4.03. The van der Waals surface area contributed by atoms with Gasteiger partial charge < -0.3 is 19.7 Å². The number of hydrogen-bond acceptors (Lipinski definition) is 4. The molecule has 0 fully saturated rings. The number of benzene rings is 3. The molecule has 0 aromatic heterocycles. The molecular formula is C29H32Cl2N2O4. The second-order valence-corrected chi connectivity index (χ2v) is 9.89. The van der Waals surface area contributed by atoms with Crippen LogP contribution >= 0.6 is 23.2 Å². The molecule has 3 aromatic rings. The van der Waals surface area contributed by atoms with E-state index in [-0.39, 0.29) is 30.9 Å². The Hall–Kier alpha value is -3.22. The maximum absolute atomic E-state index is 13.6. The lowest BCUT2D eigenvalue weighted by Crippen LogP contribution is -2.52. The first kappa shape index (κ1) is 28.4. The zero-order chi connectivity index (χ0) is 26.8. The Labute approximate surface area is 228 Å². The standard InChI is InChI=1S/C29H32Cl2N2O4/c1-20(2)17-32-29(35)27(16-21-7-5-4-6-8-21)33(18-22-9-14-25(30)26(31)15-22)28(34)19-37-24-12-10-23(36-3)11-13-24/h4-15,20,27H,16-19H2,1-3H3,(H,32,35)/t27-/m1/s1. The van der Waals surface area contributed by atoms with Crippen LogP contribution in [-0.4, -0.2) is 43.0 Å². The molecule has 0 unspecified atom stereocenters. The minimum atomic E-state index is -0.762. The van der Waals surface area contributed by atoms with E-state index in [1.54, 1.807) is 54.5 Å². The van der Waals surface area contributed by atoms with Crippen molar-refractivity contribution < 1.29 is 19.1 Å². The monoisotopic (exact) mass is 542 g/mol. The van der Waals surface area contributed by atoms with Gasteiger partial charge in [-0.05, 0) is 53.4 Å². The number of rotatable bonds is 12. The zero-order valence-corrected chi connectivity index (χ0v) is 22.8. The SMILES string of the molecule is COc1ccc(OCC(=O)N(Cc2ccc(Cl)c(Cl)c2)[C@H](Cc2ccccc2)C(=O)NCC(C)C)cc1. The summed E-state index contributed by atoms with van der Waals surface area (Å²) in [6.45, 7) is 4.47. The van der Waals surface area contributed by atoms with Gasteiger partial charge in [-0.1, -0.05) is 73.4 Å². The Morgan fingerprint density at radius 1 is 0.892 bits per heavy atom. The van der Waals surface area contributed by atoms with Crippen molar-refractivity contribution >= 4 is 35.0 Å². The summed E-state index contributed by atoms with van der Waals surface area (Å²) in [6.07, 6.45) is 0.348. The highest BCUT2D eigenvalue weighted by atomic mass is 35.5. The van der Waals surface area contributed by atoms with E-state index in [0.29, 0.717) is 34.5 Å². The molecule has 3 aromatic carbocycles. The summed E-state index contributed by atoms with van der Waals surface area (Å²) in [4.78, 5) is 28.6. The molecule has 37 heavy (non-hydrogen) atoms. The van der Waals surface area contributed by atoms with Crippen LogP contribution in [0.5, 0.6) is 11.5 Å². The molecule has 8 heteroatoms. The first-order chi connectivity index (χ1) is 17.8. The Bertz CT molecular complexity index is 1170. The molecule has 0 saturated carbocycles. The van der Waals surface area contributed by atoms with Gasteiger partial charge in [-0.15, -0.1) is 0 Å². The molecule has 0 aliphatic rings. The second-order valence-electron chi connectivity index (χ2n) is 9.08. The van der Waals surface area contributed by atoms with Gasteiger partial charge >= 0.3 is 0 Å². The lowest BCUT2D eigenvalue weighted by Gasteiger charge is -2.31. The molecule has 1 N–H and O–H groups in total. The fraction of sp³-hybridized carbons (Fsp3) is 0.310. The highest BCUT2D eigenvalue weighted by Gasteiger charge is 2.31. The maximum atomic E-state index is 13.6. The number of methoxy groups -OCH3 is 1. The van der Waals surface area contributed by atoms with Crippen LogP contribution < -0.4 is 14.8 Å². The van der Waals surface area contributed by atoms with Crippen LogP contribution in [0.15, 0.2) is 72.8 Å². The average molecular weight is 543 g/mol. The summed E-state index contributed by atoms with van der Waals surface area (Å²) < 4.78 is 11.0. The number of carbonyl (C=O) groups excluding carboxylic acids is 2. The summed E-state index contributed by atoms with van der Waals surface area (Å²) in [6, 6.07) is 21.0. The maximum Gasteiger partial charge on any atom is 0.261 e. The quantitative estimate of drug-likeness (QED) is 0.314. The average Bonchev–Trinajstić information content (AvgIpc) is 2.90. The molecule has 6 nitrogen and oxygen atoms in total. The Morgan fingerprint density at radius 3 is 2.19 bits per heavy atom. The van der Waals surface area contributed by atoms with Crippen LogP contribution in [-0.2, 0) is 22.6 Å². The van der Waals surface area contributed by atoms with Crippen LogP contribution in [0.3, 0.4) is 0 Å². The summed E-state index contributed by atoms with van der Waals surface area (Å²) in [5, 5.41) is 3.79. The first-order valence-corrected chi connectivity index (χ1v) is 12.8. The molecule has 1 atom stereocenters. The van der Waals surface area contributed by atoms with Gasteiger partial charge in [0.1, 0.15) is 17.5 Å². The number of nitrogens with one attached hydrogen (secondary N) is 1. The normalized spacial score (nSPS) is 11.6. The Morgan fingerprint density at radius 2 is 1.57 bits per heavy atom. The van der Waals surface area contributed by atoms with Crippen molar-refractivity contribution in [3.8, 4) is 11.5 Å². The third-order valence-corrected chi connectivity index (χ3v) is 6.45. The topological polar surface area (TPSA) is 67.9 Å². The largest absolute Gasteiger partial charge is 0.497 e. The molecule has 0 saturated heterocycles. The third kappa shape index (κ3) is 8.69. The van der Waals surface area contributed by atoms with Crippen LogP contribution in [0.2, 0.25) is 10.0 Å². The van der Waals surface area contributed by atoms with Gasteiger partial charge in [0.15, 0.2) is 6.61 Å². The second kappa shape index (κ2) is 13.9. The third-order valence-electron chi connectivity index (χ3n) is 5.71. The van der Waals surface area contributed by atoms with Crippen molar-refractivity contribution in [3.63, 3.8) is 0 Å². The minimum absolute atomic E-state index is 0.161. The van der Waals surface area contributed by atoms with E-state index in [4.69, 9.17) is 32.7 Å². The molecule has 196 valence electrons. The van der Waals surface area contributed by atoms with E-state index < -0.39 is 6.04 Å². The van der Waals surface area contributed by atoms with E-state index in [1.165, 1.54) is 0 Å². The molecule has 0 radical (unpaired) electrons. The number of carbonyl (C=O) groups is 2. The number of ether oxygens (including phenoxy) is 2. The smallest absolute Gasteiger partial charge is 0.261 e. The van der Waals surface area contributed by atoms with Gasteiger partial charge in [0.05, 0.1) is 17.2 Å². The Balaban J connectivity index is 1.90. The van der Waals surface area contributed by atoms with Crippen LogP contribution in [0, 0.1) is 5.92 Å². The summed E-state index contributed by atoms with van der Waals surface area (Å²) in [5.41, 5.74) is 1.69. The van der Waals surface area contributed by atoms with Crippen molar-refractivity contribution in [1.82, 2.24) is 10.2 Å². The van der Waals surface area contributed by atoms with Gasteiger partial charge in [0.25, 0.3) is 5.91 Å². The summed E-state index contributed by atoms with van der Waals surface area (Å²) in [7, 11) is 1.58. The lowest BCUT2D eigenvalue weighted by molar-refractivity contribution is -0.142. The van der Waals surface area contributed by atoms with Crippen molar-refractivity contribution in [2.45, 2.75) is 32.9 Å². The molecule has 0 spiro atoms. The zero-order valence-electron chi connectivity index (χ0n) is 21.2. The molecule has 0 aliphatic heterocycles. The Kier molecular flexibility index (Phi) is 10.7. The van der Waals surface area contributed by atoms with E-state index in [1.807, 2.05) is 44.2 Å². The number of hydrogen-bond donors (Lipinski definition) is 1. The van der Waals surface area contributed by atoms with E-state index in [0.717, 1.165) is 11.1 Å². The minimum Gasteiger partial charge on any atom is -0.497 e. The van der Waals surface area contributed by atoms with Crippen molar-refractivity contribution in [2.75, 3.05) is 20.3 Å². The summed E-state index contributed by atoms with van der Waals surface area (Å²) >= 11 is 12.4. The molecule has 0 aliphatic carbocycles. The first-order valence-electron chi connectivity index (χ1n) is 12.1. The van der Waals surface area contributed by atoms with Gasteiger partial charge in [0.2, 0.25) is 5.91 Å². The van der Waals surface area contributed by atoms with E-state index in [2.05, 4.69) is 5.32 Å². The van der Waals surface area contributed by atoms with Crippen molar-refractivity contribution in [1.29, 1.82) is 0 Å². The van der Waals surface area contributed by atoms with Crippen LogP contribution in [0.25, 0.3) is 0 Å². The predicted molar refractivity (Wildman–Crippen MR) is 147 cm³/mol. The highest BCUT2D eigenvalue weighted by molar-refractivity contribution is 6.42. The number of nitrogens with zero attached hydrogens (tertiary/aromatic N) is 1. The van der Waals surface area contributed by atoms with E-state index >= 15 is 0 Å². The number of halogens is 2. The molecule has 0 bridgehead atoms. The molecule has 2 amide bonds. The van der Waals surface area contributed by atoms with Gasteiger partial charge in [0, 0.05) is 19.5 Å². The van der Waals surface area contributed by atoms with Gasteiger partial charge in [-0.25, -0.2) is 0 Å². The van der Waals surface area contributed by atoms with Crippen molar-refractivity contribution in [3.05, 3.63) is 94.0 Å². The molecular weight excluding hydrogens is 511 g/mol.